The maximum absolute atomic E-state index is 13.1. The van der Waals surface area contributed by atoms with Crippen LogP contribution in [0.2, 0.25) is 0 Å². The number of pyridine rings is 1. The fraction of sp³-hybridized carbons (Fsp3) is 0.455. The Morgan fingerprint density at radius 3 is 3.06 bits per heavy atom. The number of hydrogen-bond donors (Lipinski definition) is 1. The predicted octanol–water partition coefficient (Wildman–Crippen LogP) is 1.38. The molecule has 1 atom stereocenters. The summed E-state index contributed by atoms with van der Waals surface area (Å²) in [6.07, 6.45) is 1.30. The summed E-state index contributed by atoms with van der Waals surface area (Å²) < 4.78 is 18.3. The molecule has 0 spiro atoms. The van der Waals surface area contributed by atoms with E-state index >= 15 is 0 Å². The maximum atomic E-state index is 13.1. The molecule has 1 aromatic heterocycles. The largest absolute Gasteiger partial charge is 0.380 e. The van der Waals surface area contributed by atoms with Gasteiger partial charge in [0.05, 0.1) is 12.2 Å². The van der Waals surface area contributed by atoms with E-state index in [1.165, 1.54) is 18.3 Å². The Balaban J connectivity index is 2.56. The second-order valence-electron chi connectivity index (χ2n) is 3.38. The normalized spacial score (nSPS) is 12.2. The van der Waals surface area contributed by atoms with Crippen LogP contribution in [0.15, 0.2) is 18.3 Å². The van der Waals surface area contributed by atoms with E-state index in [0.717, 1.165) is 0 Å². The highest BCUT2D eigenvalue weighted by Gasteiger charge is 2.14. The molecule has 0 fully saturated rings. The Morgan fingerprint density at radius 2 is 2.44 bits per heavy atom. The summed E-state index contributed by atoms with van der Waals surface area (Å²) in [5.74, 6) is -1.23. The van der Waals surface area contributed by atoms with Crippen molar-refractivity contribution in [1.29, 1.82) is 0 Å². The van der Waals surface area contributed by atoms with Crippen molar-refractivity contribution in [3.8, 4) is 0 Å². The van der Waals surface area contributed by atoms with Crippen molar-refractivity contribution in [2.24, 2.45) is 0 Å². The number of nitrogens with zero attached hydrogens (tertiary/aromatic N) is 1. The number of carbonyl (C=O) groups excluding carboxylic acids is 1. The topological polar surface area (TPSA) is 51.2 Å². The summed E-state index contributed by atoms with van der Waals surface area (Å²) in [7, 11) is 0. The zero-order chi connectivity index (χ0) is 12.0. The minimum Gasteiger partial charge on any atom is -0.380 e. The van der Waals surface area contributed by atoms with Gasteiger partial charge < -0.3 is 10.1 Å². The van der Waals surface area contributed by atoms with Gasteiger partial charge in [0, 0.05) is 18.8 Å². The summed E-state index contributed by atoms with van der Waals surface area (Å²) in [5, 5.41) is 2.63. The van der Waals surface area contributed by atoms with E-state index in [1.54, 1.807) is 6.92 Å². The van der Waals surface area contributed by atoms with Gasteiger partial charge in [-0.1, -0.05) is 0 Å². The van der Waals surface area contributed by atoms with Crippen LogP contribution in [-0.2, 0) is 4.74 Å². The number of hydrogen-bond acceptors (Lipinski definition) is 3. The van der Waals surface area contributed by atoms with Gasteiger partial charge in [0.2, 0.25) is 5.95 Å². The third kappa shape index (κ3) is 3.58. The fourth-order valence-electron chi connectivity index (χ4n) is 1.19. The average Bonchev–Trinajstić information content (AvgIpc) is 2.26. The first-order chi connectivity index (χ1) is 7.65. The van der Waals surface area contributed by atoms with Crippen molar-refractivity contribution in [2.75, 3.05) is 13.2 Å². The lowest BCUT2D eigenvalue weighted by atomic mass is 10.2. The third-order valence-corrected chi connectivity index (χ3v) is 1.95. The van der Waals surface area contributed by atoms with E-state index in [0.29, 0.717) is 13.2 Å². The number of carbonyl (C=O) groups is 1. The second-order valence-corrected chi connectivity index (χ2v) is 3.38. The lowest BCUT2D eigenvalue weighted by molar-refractivity contribution is 0.0867. The van der Waals surface area contributed by atoms with Gasteiger partial charge >= 0.3 is 0 Å². The van der Waals surface area contributed by atoms with Crippen molar-refractivity contribution in [1.82, 2.24) is 10.3 Å². The van der Waals surface area contributed by atoms with Crippen molar-refractivity contribution < 1.29 is 13.9 Å². The Morgan fingerprint density at radius 1 is 1.69 bits per heavy atom. The summed E-state index contributed by atoms with van der Waals surface area (Å²) in [6.45, 7) is 4.66. The van der Waals surface area contributed by atoms with Crippen LogP contribution in [-0.4, -0.2) is 30.1 Å². The first kappa shape index (κ1) is 12.6. The molecule has 0 saturated carbocycles. The van der Waals surface area contributed by atoms with Gasteiger partial charge in [0.25, 0.3) is 5.91 Å². The van der Waals surface area contributed by atoms with Gasteiger partial charge in [0.1, 0.15) is 0 Å². The van der Waals surface area contributed by atoms with Crippen molar-refractivity contribution in [2.45, 2.75) is 19.9 Å². The zero-order valence-electron chi connectivity index (χ0n) is 9.37. The number of ether oxygens (including phenoxy) is 1. The SMILES string of the molecule is CCOCC(C)NC(=O)c1cccnc1F. The molecule has 1 rings (SSSR count). The second kappa shape index (κ2) is 6.17. The highest BCUT2D eigenvalue weighted by Crippen LogP contribution is 2.03. The molecule has 16 heavy (non-hydrogen) atoms. The van der Waals surface area contributed by atoms with E-state index in [4.69, 9.17) is 4.74 Å². The van der Waals surface area contributed by atoms with Crippen LogP contribution in [0.5, 0.6) is 0 Å². The molecule has 0 aliphatic carbocycles. The molecule has 0 bridgehead atoms. The van der Waals surface area contributed by atoms with Crippen LogP contribution in [0.3, 0.4) is 0 Å². The molecule has 1 heterocycles. The molecule has 0 aliphatic rings. The van der Waals surface area contributed by atoms with Crippen LogP contribution in [0, 0.1) is 5.95 Å². The van der Waals surface area contributed by atoms with Crippen molar-refractivity contribution in [3.05, 3.63) is 29.8 Å². The predicted molar refractivity (Wildman–Crippen MR) is 57.6 cm³/mol. The number of aromatic nitrogens is 1. The number of nitrogens with one attached hydrogen (secondary N) is 1. The van der Waals surface area contributed by atoms with Crippen LogP contribution in [0.25, 0.3) is 0 Å². The smallest absolute Gasteiger partial charge is 0.256 e. The minimum atomic E-state index is -0.761. The fourth-order valence-corrected chi connectivity index (χ4v) is 1.19. The quantitative estimate of drug-likeness (QED) is 0.771. The van der Waals surface area contributed by atoms with Gasteiger partial charge in [-0.15, -0.1) is 0 Å². The van der Waals surface area contributed by atoms with Crippen molar-refractivity contribution >= 4 is 5.91 Å². The Bertz CT molecular complexity index is 358. The summed E-state index contributed by atoms with van der Waals surface area (Å²) in [5.41, 5.74) is -0.0501. The number of rotatable bonds is 5. The lowest BCUT2D eigenvalue weighted by Gasteiger charge is -2.13. The van der Waals surface area contributed by atoms with E-state index in [2.05, 4.69) is 10.3 Å². The first-order valence-electron chi connectivity index (χ1n) is 5.14. The molecule has 1 aromatic rings. The molecule has 1 amide bonds. The van der Waals surface area contributed by atoms with Gasteiger partial charge in [-0.2, -0.15) is 4.39 Å². The summed E-state index contributed by atoms with van der Waals surface area (Å²) in [6, 6.07) is 2.75. The molecule has 1 unspecified atom stereocenters. The molecule has 0 aliphatic heterocycles. The third-order valence-electron chi connectivity index (χ3n) is 1.95. The highest BCUT2D eigenvalue weighted by molar-refractivity contribution is 5.94. The lowest BCUT2D eigenvalue weighted by Crippen LogP contribution is -2.36. The summed E-state index contributed by atoms with van der Waals surface area (Å²) in [4.78, 5) is 15.0. The molecule has 5 heteroatoms. The standard InChI is InChI=1S/C11H15FN2O2/c1-3-16-7-8(2)14-11(15)9-5-4-6-13-10(9)12/h4-6,8H,3,7H2,1-2H3,(H,14,15). The van der Waals surface area contributed by atoms with Crippen LogP contribution < -0.4 is 5.32 Å². The minimum absolute atomic E-state index is 0.0501. The van der Waals surface area contributed by atoms with Crippen LogP contribution in [0.1, 0.15) is 24.2 Å². The molecular weight excluding hydrogens is 211 g/mol. The average molecular weight is 226 g/mol. The van der Waals surface area contributed by atoms with Crippen molar-refractivity contribution in [3.63, 3.8) is 0 Å². The Labute approximate surface area is 93.8 Å². The van der Waals surface area contributed by atoms with Gasteiger partial charge in [-0.05, 0) is 26.0 Å². The Kier molecular flexibility index (Phi) is 4.85. The van der Waals surface area contributed by atoms with Crippen LogP contribution in [0.4, 0.5) is 4.39 Å². The molecule has 0 aromatic carbocycles. The van der Waals surface area contributed by atoms with E-state index < -0.39 is 11.9 Å². The molecule has 0 saturated heterocycles. The maximum Gasteiger partial charge on any atom is 0.256 e. The molecule has 0 radical (unpaired) electrons. The highest BCUT2D eigenvalue weighted by atomic mass is 19.1. The number of halogens is 1. The first-order valence-corrected chi connectivity index (χ1v) is 5.14. The van der Waals surface area contributed by atoms with E-state index in [1.807, 2.05) is 6.92 Å². The monoisotopic (exact) mass is 226 g/mol. The molecule has 88 valence electrons. The molecular formula is C11H15FN2O2. The van der Waals surface area contributed by atoms with E-state index in [9.17, 15) is 9.18 Å². The molecule has 1 N–H and O–H groups in total. The van der Waals surface area contributed by atoms with Gasteiger partial charge in [-0.3, -0.25) is 4.79 Å². The van der Waals surface area contributed by atoms with Gasteiger partial charge in [-0.25, -0.2) is 4.98 Å². The van der Waals surface area contributed by atoms with Gasteiger partial charge in [0.15, 0.2) is 0 Å². The molecule has 4 nitrogen and oxygen atoms in total. The zero-order valence-corrected chi connectivity index (χ0v) is 9.37. The van der Waals surface area contributed by atoms with Crippen LogP contribution >= 0.6 is 0 Å². The Hall–Kier alpha value is -1.49. The number of amides is 1. The van der Waals surface area contributed by atoms with E-state index in [-0.39, 0.29) is 11.6 Å². The summed E-state index contributed by atoms with van der Waals surface area (Å²) >= 11 is 0.